The number of amides is 1. The average molecular weight is 351 g/mol. The van der Waals surface area contributed by atoms with Crippen molar-refractivity contribution in [2.24, 2.45) is 0 Å². The molecule has 1 aliphatic rings. The van der Waals surface area contributed by atoms with Gasteiger partial charge in [-0.25, -0.2) is 8.42 Å². The fourth-order valence-electron chi connectivity index (χ4n) is 2.74. The molecule has 0 bridgehead atoms. The maximum atomic E-state index is 12.4. The van der Waals surface area contributed by atoms with E-state index in [4.69, 9.17) is 11.6 Å². The Kier molecular flexibility index (Phi) is 4.04. The first kappa shape index (κ1) is 15.8. The van der Waals surface area contributed by atoms with E-state index < -0.39 is 16.1 Å². The molecule has 0 spiro atoms. The Balaban J connectivity index is 2.20. The second kappa shape index (κ2) is 5.86. The second-order valence-corrected chi connectivity index (χ2v) is 7.65. The molecule has 1 N–H and O–H groups in total. The lowest BCUT2D eigenvalue weighted by molar-refractivity contribution is 0.0955. The third kappa shape index (κ3) is 3.04. The van der Waals surface area contributed by atoms with Gasteiger partial charge >= 0.3 is 0 Å². The molecule has 120 valence electrons. The first-order valence-electron chi connectivity index (χ1n) is 7.00. The van der Waals surface area contributed by atoms with Gasteiger partial charge in [0.25, 0.3) is 5.91 Å². The maximum absolute atomic E-state index is 12.4. The molecule has 1 atom stereocenters. The summed E-state index contributed by atoms with van der Waals surface area (Å²) in [6.45, 7) is 0.183. The van der Waals surface area contributed by atoms with Crippen LogP contribution in [0.2, 0.25) is 5.02 Å². The molecule has 23 heavy (non-hydrogen) atoms. The quantitative estimate of drug-likeness (QED) is 0.905. The van der Waals surface area contributed by atoms with Crippen molar-refractivity contribution in [3.05, 3.63) is 64.7 Å². The SMILES string of the molecule is CS(=O)(=O)N1c2ccccc2C(=O)NCC1c1ccc(Cl)cc1. The fraction of sp³-hybridized carbons (Fsp3) is 0.188. The molecule has 2 aromatic rings. The topological polar surface area (TPSA) is 66.5 Å². The Labute approximate surface area is 139 Å². The van der Waals surface area contributed by atoms with Crippen LogP contribution >= 0.6 is 11.6 Å². The van der Waals surface area contributed by atoms with Crippen LogP contribution in [0.3, 0.4) is 0 Å². The normalized spacial score (nSPS) is 18.1. The zero-order valence-corrected chi connectivity index (χ0v) is 13.9. The lowest BCUT2D eigenvalue weighted by atomic mass is 10.1. The molecule has 3 rings (SSSR count). The molecule has 0 fully saturated rings. The molecule has 2 aromatic carbocycles. The minimum absolute atomic E-state index is 0.183. The second-order valence-electron chi connectivity index (χ2n) is 5.35. The molecule has 0 saturated heterocycles. The van der Waals surface area contributed by atoms with Crippen molar-refractivity contribution >= 4 is 33.2 Å². The van der Waals surface area contributed by atoms with Crippen molar-refractivity contribution in [1.82, 2.24) is 5.32 Å². The van der Waals surface area contributed by atoms with Crippen LogP contribution in [0.15, 0.2) is 48.5 Å². The Bertz CT molecular complexity index is 850. The molecule has 7 heteroatoms. The van der Waals surface area contributed by atoms with Crippen molar-refractivity contribution in [3.63, 3.8) is 0 Å². The number of hydrogen-bond donors (Lipinski definition) is 1. The molecule has 0 aliphatic carbocycles. The summed E-state index contributed by atoms with van der Waals surface area (Å²) in [4.78, 5) is 12.3. The number of benzene rings is 2. The summed E-state index contributed by atoms with van der Waals surface area (Å²) in [6, 6.07) is 13.1. The van der Waals surface area contributed by atoms with E-state index in [2.05, 4.69) is 5.32 Å². The predicted molar refractivity (Wildman–Crippen MR) is 90.3 cm³/mol. The van der Waals surface area contributed by atoms with Crippen molar-refractivity contribution < 1.29 is 13.2 Å². The number of nitrogens with one attached hydrogen (secondary N) is 1. The number of rotatable bonds is 2. The van der Waals surface area contributed by atoms with Gasteiger partial charge in [0.15, 0.2) is 0 Å². The number of fused-ring (bicyclic) bond motifs is 1. The molecule has 5 nitrogen and oxygen atoms in total. The molecule has 1 unspecified atom stereocenters. The summed E-state index contributed by atoms with van der Waals surface area (Å²) >= 11 is 5.91. The first-order chi connectivity index (χ1) is 10.9. The van der Waals surface area contributed by atoms with Gasteiger partial charge in [-0.2, -0.15) is 0 Å². The third-order valence-electron chi connectivity index (χ3n) is 3.74. The van der Waals surface area contributed by atoms with Crippen molar-refractivity contribution in [2.75, 3.05) is 17.1 Å². The monoisotopic (exact) mass is 350 g/mol. The van der Waals surface area contributed by atoms with Gasteiger partial charge in [-0.05, 0) is 29.8 Å². The van der Waals surface area contributed by atoms with E-state index in [1.54, 1.807) is 48.5 Å². The van der Waals surface area contributed by atoms with E-state index in [0.717, 1.165) is 11.8 Å². The van der Waals surface area contributed by atoms with Crippen LogP contribution in [0, 0.1) is 0 Å². The van der Waals surface area contributed by atoms with Crippen LogP contribution in [-0.2, 0) is 10.0 Å². The van der Waals surface area contributed by atoms with Crippen LogP contribution in [0.4, 0.5) is 5.69 Å². The van der Waals surface area contributed by atoms with Crippen LogP contribution in [0.25, 0.3) is 0 Å². The van der Waals surface area contributed by atoms with Gasteiger partial charge < -0.3 is 5.32 Å². The van der Waals surface area contributed by atoms with Gasteiger partial charge in [0.05, 0.1) is 23.5 Å². The van der Waals surface area contributed by atoms with E-state index in [1.807, 2.05) is 0 Å². The molecular formula is C16H15ClN2O3S. The number of para-hydroxylation sites is 1. The summed E-state index contributed by atoms with van der Waals surface area (Å²) in [5.74, 6) is -0.286. The highest BCUT2D eigenvalue weighted by atomic mass is 35.5. The Morgan fingerprint density at radius 1 is 1.13 bits per heavy atom. The Hall–Kier alpha value is -2.05. The lowest BCUT2D eigenvalue weighted by Crippen LogP contribution is -2.38. The van der Waals surface area contributed by atoms with E-state index in [1.165, 1.54) is 4.31 Å². The minimum atomic E-state index is -3.59. The highest BCUT2D eigenvalue weighted by Gasteiger charge is 2.34. The van der Waals surface area contributed by atoms with Crippen LogP contribution < -0.4 is 9.62 Å². The molecule has 0 radical (unpaired) electrons. The van der Waals surface area contributed by atoms with Gasteiger partial charge in [-0.1, -0.05) is 35.9 Å². The number of halogens is 1. The summed E-state index contributed by atoms with van der Waals surface area (Å²) in [6.07, 6.45) is 1.14. The Morgan fingerprint density at radius 3 is 2.43 bits per heavy atom. The first-order valence-corrected chi connectivity index (χ1v) is 9.22. The van der Waals surface area contributed by atoms with Gasteiger partial charge in [0, 0.05) is 11.6 Å². The fourth-order valence-corrected chi connectivity index (χ4v) is 4.04. The van der Waals surface area contributed by atoms with E-state index in [-0.39, 0.29) is 12.5 Å². The van der Waals surface area contributed by atoms with Crippen molar-refractivity contribution in [2.45, 2.75) is 6.04 Å². The number of sulfonamides is 1. The van der Waals surface area contributed by atoms with Crippen LogP contribution in [-0.4, -0.2) is 27.1 Å². The number of carbonyl (C=O) groups is 1. The standard InChI is InChI=1S/C16H15ClN2O3S/c1-23(21,22)19-14-5-3-2-4-13(14)16(20)18-10-15(19)11-6-8-12(17)9-7-11/h2-9,15H,10H2,1H3,(H,18,20). The lowest BCUT2D eigenvalue weighted by Gasteiger charge is -2.30. The van der Waals surface area contributed by atoms with E-state index in [9.17, 15) is 13.2 Å². The molecule has 0 aromatic heterocycles. The number of anilines is 1. The molecule has 1 aliphatic heterocycles. The maximum Gasteiger partial charge on any atom is 0.253 e. The van der Waals surface area contributed by atoms with Gasteiger partial charge in [-0.3, -0.25) is 9.10 Å². The Morgan fingerprint density at radius 2 is 1.78 bits per heavy atom. The average Bonchev–Trinajstić information content (AvgIpc) is 2.65. The predicted octanol–water partition coefficient (Wildman–Crippen LogP) is 2.59. The van der Waals surface area contributed by atoms with Gasteiger partial charge in [-0.15, -0.1) is 0 Å². The van der Waals surface area contributed by atoms with Crippen LogP contribution in [0.5, 0.6) is 0 Å². The van der Waals surface area contributed by atoms with Crippen molar-refractivity contribution in [1.29, 1.82) is 0 Å². The zero-order chi connectivity index (χ0) is 16.6. The van der Waals surface area contributed by atoms with E-state index in [0.29, 0.717) is 16.3 Å². The third-order valence-corrected chi connectivity index (χ3v) is 5.15. The smallest absolute Gasteiger partial charge is 0.253 e. The number of carbonyl (C=O) groups excluding carboxylic acids is 1. The van der Waals surface area contributed by atoms with Crippen molar-refractivity contribution in [3.8, 4) is 0 Å². The molecular weight excluding hydrogens is 336 g/mol. The van der Waals surface area contributed by atoms with E-state index >= 15 is 0 Å². The number of hydrogen-bond acceptors (Lipinski definition) is 3. The minimum Gasteiger partial charge on any atom is -0.350 e. The van der Waals surface area contributed by atoms with Gasteiger partial charge in [0.1, 0.15) is 0 Å². The summed E-state index contributed by atoms with van der Waals surface area (Å²) in [7, 11) is -3.59. The highest BCUT2D eigenvalue weighted by Crippen LogP contribution is 2.34. The summed E-state index contributed by atoms with van der Waals surface area (Å²) in [5, 5.41) is 3.36. The number of nitrogens with zero attached hydrogens (tertiary/aromatic N) is 1. The molecule has 1 amide bonds. The largest absolute Gasteiger partial charge is 0.350 e. The summed E-state index contributed by atoms with van der Waals surface area (Å²) < 4.78 is 26.1. The van der Waals surface area contributed by atoms with Crippen LogP contribution in [0.1, 0.15) is 22.0 Å². The summed E-state index contributed by atoms with van der Waals surface area (Å²) in [5.41, 5.74) is 1.48. The molecule has 1 heterocycles. The highest BCUT2D eigenvalue weighted by molar-refractivity contribution is 7.92. The van der Waals surface area contributed by atoms with Gasteiger partial charge in [0.2, 0.25) is 10.0 Å². The molecule has 0 saturated carbocycles. The zero-order valence-electron chi connectivity index (χ0n) is 12.4.